The fourth-order valence-electron chi connectivity index (χ4n) is 10.7. The van der Waals surface area contributed by atoms with Crippen LogP contribution in [0.5, 0.6) is 11.5 Å². The van der Waals surface area contributed by atoms with Crippen molar-refractivity contribution >= 4 is 32.8 Å². The molecule has 0 fully saturated rings. The molecule has 10 aromatic carbocycles. The number of hydrogen-bond acceptors (Lipinski definition) is 2. The van der Waals surface area contributed by atoms with Crippen molar-refractivity contribution < 1.29 is 64.6 Å². The second-order valence-corrected chi connectivity index (χ2v) is 20.1. The quantitative estimate of drug-likeness (QED) is 0.118. The molecule has 0 aliphatic carbocycles. The summed E-state index contributed by atoms with van der Waals surface area (Å²) in [6, 6.07) is 27.7. The summed E-state index contributed by atoms with van der Waals surface area (Å²) in [7, 11) is 0. The first-order chi connectivity index (χ1) is 48.7. The molecule has 0 spiro atoms. The molecule has 0 bridgehead atoms. The molecule has 1 aliphatic heterocycles. The predicted octanol–water partition coefficient (Wildman–Crippen LogP) is 18.4. The second kappa shape index (κ2) is 19.8. The number of rotatable bonds is 7. The Bertz CT molecular complexity index is 5790. The first-order valence-electron chi connectivity index (χ1n) is 37.6. The van der Waals surface area contributed by atoms with E-state index in [1.807, 2.05) is 47.0 Å². The Labute approximate surface area is 517 Å². The van der Waals surface area contributed by atoms with Gasteiger partial charge in [0.2, 0.25) is 0 Å². The Morgan fingerprint density at radius 2 is 1.14 bits per heavy atom. The molecule has 0 saturated carbocycles. The molecule has 6 heteroatoms. The molecule has 0 saturated heterocycles. The molecule has 13 aromatic rings. The molecule has 0 amide bonds. The molecular formula is C74H56N4OPt-2. The van der Waals surface area contributed by atoms with E-state index in [-0.39, 0.29) is 71.4 Å². The number of aryl methyl sites for hydroxylation is 4. The van der Waals surface area contributed by atoms with E-state index in [1.165, 1.54) is 45.5 Å². The summed E-state index contributed by atoms with van der Waals surface area (Å²) < 4.78 is 243. The van der Waals surface area contributed by atoms with E-state index in [2.05, 4.69) is 39.2 Å². The van der Waals surface area contributed by atoms with Crippen LogP contribution in [0.3, 0.4) is 0 Å². The van der Waals surface area contributed by atoms with Gasteiger partial charge in [-0.3, -0.25) is 4.57 Å². The van der Waals surface area contributed by atoms with Gasteiger partial charge in [-0.1, -0.05) is 166 Å². The average molecular weight is 1240 g/mol. The van der Waals surface area contributed by atoms with E-state index in [0.29, 0.717) is 11.3 Å². The maximum atomic E-state index is 10.1. The van der Waals surface area contributed by atoms with Crippen molar-refractivity contribution in [2.75, 3.05) is 0 Å². The predicted molar refractivity (Wildman–Crippen MR) is 324 cm³/mol. The van der Waals surface area contributed by atoms with Crippen molar-refractivity contribution in [2.24, 2.45) is 0 Å². The van der Waals surface area contributed by atoms with Crippen LogP contribution in [0.1, 0.15) is 82.9 Å². The average Bonchev–Trinajstić information content (AvgIpc) is 1.57. The summed E-state index contributed by atoms with van der Waals surface area (Å²) in [6.07, 6.45) is 5.07. The van der Waals surface area contributed by atoms with Gasteiger partial charge in [0.05, 0.1) is 34.5 Å². The van der Waals surface area contributed by atoms with Crippen LogP contribution < -0.4 is 9.30 Å². The summed E-state index contributed by atoms with van der Waals surface area (Å²) in [4.78, 5) is 4.81. The molecule has 390 valence electrons. The van der Waals surface area contributed by atoms with Crippen molar-refractivity contribution in [1.29, 1.82) is 0 Å². The van der Waals surface area contributed by atoms with Crippen LogP contribution in [-0.2, 0) is 26.5 Å². The first-order valence-corrected chi connectivity index (χ1v) is 25.1. The topological polar surface area (TPSA) is 35.9 Å². The number of para-hydroxylation sites is 1. The van der Waals surface area contributed by atoms with E-state index >= 15 is 0 Å². The molecule has 4 heterocycles. The van der Waals surface area contributed by atoms with Gasteiger partial charge in [0.1, 0.15) is 5.82 Å². The minimum absolute atomic E-state index is 0. The maximum absolute atomic E-state index is 10.1. The summed E-state index contributed by atoms with van der Waals surface area (Å²) in [5.74, 6) is 0.825. The summed E-state index contributed by atoms with van der Waals surface area (Å²) in [5, 5.41) is 1.71. The molecule has 0 unspecified atom stereocenters. The molecule has 5 nitrogen and oxygen atoms in total. The number of pyridine rings is 1. The van der Waals surface area contributed by atoms with E-state index in [0.717, 1.165) is 46.1 Å². The summed E-state index contributed by atoms with van der Waals surface area (Å²) in [6.45, 7) is -6.52. The van der Waals surface area contributed by atoms with Crippen molar-refractivity contribution in [3.05, 3.63) is 258 Å². The Morgan fingerprint density at radius 3 is 1.84 bits per heavy atom. The van der Waals surface area contributed by atoms with Crippen LogP contribution in [0.15, 0.2) is 212 Å². The van der Waals surface area contributed by atoms with Crippen LogP contribution in [0.2, 0.25) is 0 Å². The number of aromatic nitrogens is 4. The van der Waals surface area contributed by atoms with Crippen molar-refractivity contribution in [3.8, 4) is 95.5 Å². The van der Waals surface area contributed by atoms with Crippen LogP contribution in [0, 0.1) is 45.9 Å². The second-order valence-electron chi connectivity index (χ2n) is 20.1. The zero-order valence-electron chi connectivity index (χ0n) is 67.7. The SMILES string of the molecule is [2H]c1c([2H])c([2H])c(-c2cc3c4c(c2)n(-c2[c-]c(Oc5[c-]c6c(cc5)c5ccccc5n6-c5cc(C(C)(C)C)ccn5)ccc2)[c-][n+]4-c2c(-c4c(C([2H])([2H])[2H])cccc4C([2H])([2H])[2H])cc(-c4c(C([2H])([2H])[2H])cccc4C([2H])([2H])[2H])cc2-c2c([2H])c([2H])c([2H])c([2H])c2-c2c([2H])c([2H])c([2H])c([2H])c2-3)c([2H])c1[2H].[Pt]. The number of imidazole rings is 1. The third-order valence-electron chi connectivity index (χ3n) is 14.3. The Balaban J connectivity index is 0.00000978. The zero-order valence-corrected chi connectivity index (χ0v) is 45.0. The number of hydrogen-bond donors (Lipinski definition) is 0. The Kier molecular flexibility index (Phi) is 7.39. The summed E-state index contributed by atoms with van der Waals surface area (Å²) in [5.41, 5.74) is -6.68. The molecule has 1 aliphatic rings. The van der Waals surface area contributed by atoms with Crippen LogP contribution in [0.25, 0.3) is 117 Å². The third kappa shape index (κ3) is 8.42. The van der Waals surface area contributed by atoms with Gasteiger partial charge in [-0.25, -0.2) is 4.98 Å². The Hall–Kier alpha value is -8.89. The van der Waals surface area contributed by atoms with Gasteiger partial charge >= 0.3 is 0 Å². The molecule has 0 N–H and O–H groups in total. The van der Waals surface area contributed by atoms with Gasteiger partial charge in [0.25, 0.3) is 6.33 Å². The first kappa shape index (κ1) is 29.9. The Morgan fingerprint density at radius 1 is 0.525 bits per heavy atom. The van der Waals surface area contributed by atoms with E-state index in [9.17, 15) is 13.7 Å². The fraction of sp³-hybridized carbons (Fsp3) is 0.108. The number of benzene rings is 10. The van der Waals surface area contributed by atoms with Crippen LogP contribution in [-0.4, -0.2) is 14.1 Å². The minimum Gasteiger partial charge on any atom is -0.510 e. The third-order valence-corrected chi connectivity index (χ3v) is 14.3. The maximum Gasteiger partial charge on any atom is 0.268 e. The molecular weight excluding hydrogens is 1160 g/mol. The van der Waals surface area contributed by atoms with E-state index in [1.54, 1.807) is 30.5 Å². The minimum atomic E-state index is -3.25. The van der Waals surface area contributed by atoms with Gasteiger partial charge in [0, 0.05) is 60.7 Å². The van der Waals surface area contributed by atoms with Crippen molar-refractivity contribution in [1.82, 2.24) is 14.1 Å². The summed E-state index contributed by atoms with van der Waals surface area (Å²) >= 11 is 0. The van der Waals surface area contributed by atoms with Crippen molar-refractivity contribution in [2.45, 2.75) is 53.6 Å². The number of ether oxygens (including phenoxy) is 1. The normalized spacial score (nSPS) is 17.0. The van der Waals surface area contributed by atoms with Gasteiger partial charge in [-0.05, 0) is 175 Å². The monoisotopic (exact) mass is 1240 g/mol. The molecule has 0 atom stereocenters. The van der Waals surface area contributed by atoms with Gasteiger partial charge in [-0.2, -0.15) is 18.2 Å². The molecule has 0 radical (unpaired) electrons. The molecule has 14 rings (SSSR count). The van der Waals surface area contributed by atoms with Crippen LogP contribution in [0.4, 0.5) is 0 Å². The van der Waals surface area contributed by atoms with Gasteiger partial charge in [0.15, 0.2) is 0 Å². The number of nitrogens with zero attached hydrogens (tertiary/aromatic N) is 4. The molecule has 80 heavy (non-hydrogen) atoms. The van der Waals surface area contributed by atoms with Crippen LogP contribution >= 0.6 is 0 Å². The standard InChI is InChI=1S/C74H56N4O.Pt/c1-46-20-17-21-47(2)70(46)52-39-63-59-30-13-11-28-57(59)58-29-12-14-31-60(58)64-38-51(50-24-9-8-10-25-50)41-68-73(64)77(72(63)65(40-52)71-48(3)22-18-23-49(71)4)45-76(68)54-26-19-27-55(43-54)79-56-34-35-62-61-32-15-16-33-66(61)78(67(62)44-56)69-42-53(36-37-75-69)74(5,6)7;/h8-42H,1-7H3;/q-2;/i1D3,2D3,3D3,4D3,8D,9D,10D,11D,12D,13D,14D,24D,25D,28D,29D,30D,31D;. The number of fused-ring (bicyclic) bond motifs is 10. The smallest absolute Gasteiger partial charge is 0.268 e. The van der Waals surface area contributed by atoms with Crippen molar-refractivity contribution in [3.63, 3.8) is 0 Å². The largest absolute Gasteiger partial charge is 0.510 e. The van der Waals surface area contributed by atoms with E-state index in [4.69, 9.17) is 30.3 Å². The van der Waals surface area contributed by atoms with Gasteiger partial charge in [-0.15, -0.1) is 29.7 Å². The molecule has 3 aromatic heterocycles. The van der Waals surface area contributed by atoms with Gasteiger partial charge < -0.3 is 13.9 Å². The zero-order chi connectivity index (χ0) is 75.0. The van der Waals surface area contributed by atoms with E-state index < -0.39 is 184 Å². The fourth-order valence-corrected chi connectivity index (χ4v) is 10.7.